The number of esters is 1. The third-order valence-electron chi connectivity index (χ3n) is 2.27. The van der Waals surface area contributed by atoms with E-state index >= 15 is 0 Å². The number of hydrogen-bond donors (Lipinski definition) is 0. The van der Waals surface area contributed by atoms with Gasteiger partial charge in [-0.1, -0.05) is 26.8 Å². The Hall–Kier alpha value is -1.31. The van der Waals surface area contributed by atoms with Gasteiger partial charge in [-0.2, -0.15) is 0 Å². The highest BCUT2D eigenvalue weighted by Gasteiger charge is 2.05. The minimum Gasteiger partial charge on any atom is -0.427 e. The molecule has 0 heterocycles. The lowest BCUT2D eigenvalue weighted by Crippen LogP contribution is -2.06. The Bertz CT molecular complexity index is 367. The first kappa shape index (κ1) is 12.8. The van der Waals surface area contributed by atoms with Crippen LogP contribution in [0.4, 0.5) is 0 Å². The van der Waals surface area contributed by atoms with Gasteiger partial charge in [0.25, 0.3) is 0 Å². The highest BCUT2D eigenvalue weighted by Crippen LogP contribution is 2.19. The van der Waals surface area contributed by atoms with Gasteiger partial charge in [0.15, 0.2) is 0 Å². The number of benzene rings is 1. The zero-order chi connectivity index (χ0) is 12.1. The predicted molar refractivity (Wildman–Crippen MR) is 65.6 cm³/mol. The van der Waals surface area contributed by atoms with Crippen LogP contribution in [0, 0.1) is 12.8 Å². The molecule has 0 fully saturated rings. The zero-order valence-electron chi connectivity index (χ0n) is 10.5. The molecule has 2 heteroatoms. The SMILES string of the molecule is CCC(=O)Oc1cc(C)cc(CC(C)C)c1. The van der Waals surface area contributed by atoms with Crippen molar-refractivity contribution in [3.63, 3.8) is 0 Å². The van der Waals surface area contributed by atoms with E-state index in [0.717, 1.165) is 12.0 Å². The Balaban J connectivity index is 2.85. The van der Waals surface area contributed by atoms with Crippen molar-refractivity contribution in [1.29, 1.82) is 0 Å². The van der Waals surface area contributed by atoms with Crippen molar-refractivity contribution in [3.8, 4) is 5.75 Å². The van der Waals surface area contributed by atoms with Gasteiger partial charge in [0.05, 0.1) is 0 Å². The molecule has 0 saturated heterocycles. The fraction of sp³-hybridized carbons (Fsp3) is 0.500. The van der Waals surface area contributed by atoms with Crippen molar-refractivity contribution in [2.24, 2.45) is 5.92 Å². The summed E-state index contributed by atoms with van der Waals surface area (Å²) in [5, 5.41) is 0. The van der Waals surface area contributed by atoms with Crippen LogP contribution < -0.4 is 4.74 Å². The van der Waals surface area contributed by atoms with E-state index in [0.29, 0.717) is 18.1 Å². The Morgan fingerprint density at radius 3 is 2.56 bits per heavy atom. The minimum atomic E-state index is -0.180. The zero-order valence-corrected chi connectivity index (χ0v) is 10.5. The first-order valence-corrected chi connectivity index (χ1v) is 5.82. The van der Waals surface area contributed by atoms with E-state index in [1.807, 2.05) is 19.1 Å². The van der Waals surface area contributed by atoms with E-state index in [9.17, 15) is 4.79 Å². The third-order valence-corrected chi connectivity index (χ3v) is 2.27. The van der Waals surface area contributed by atoms with E-state index < -0.39 is 0 Å². The fourth-order valence-corrected chi connectivity index (χ4v) is 1.68. The smallest absolute Gasteiger partial charge is 0.310 e. The molecular formula is C14H20O2. The Labute approximate surface area is 97.6 Å². The van der Waals surface area contributed by atoms with Gasteiger partial charge in [-0.3, -0.25) is 4.79 Å². The summed E-state index contributed by atoms with van der Waals surface area (Å²) in [6.07, 6.45) is 1.42. The Morgan fingerprint density at radius 2 is 2.00 bits per heavy atom. The lowest BCUT2D eigenvalue weighted by molar-refractivity contribution is -0.134. The van der Waals surface area contributed by atoms with Crippen molar-refractivity contribution < 1.29 is 9.53 Å². The summed E-state index contributed by atoms with van der Waals surface area (Å²) in [7, 11) is 0. The maximum absolute atomic E-state index is 11.2. The van der Waals surface area contributed by atoms with E-state index in [2.05, 4.69) is 19.9 Å². The molecule has 0 aromatic heterocycles. The lowest BCUT2D eigenvalue weighted by atomic mass is 10.0. The van der Waals surface area contributed by atoms with Crippen LogP contribution in [-0.2, 0) is 11.2 Å². The molecule has 0 amide bonds. The highest BCUT2D eigenvalue weighted by molar-refractivity contribution is 5.72. The van der Waals surface area contributed by atoms with Gasteiger partial charge >= 0.3 is 5.97 Å². The number of hydrogen-bond acceptors (Lipinski definition) is 2. The minimum absolute atomic E-state index is 0.180. The predicted octanol–water partition coefficient (Wildman–Crippen LogP) is 3.51. The number of carbonyl (C=O) groups excluding carboxylic acids is 1. The number of ether oxygens (including phenoxy) is 1. The molecule has 1 aromatic rings. The van der Waals surface area contributed by atoms with Crippen molar-refractivity contribution in [3.05, 3.63) is 29.3 Å². The summed E-state index contributed by atoms with van der Waals surface area (Å²) in [4.78, 5) is 11.2. The normalized spacial score (nSPS) is 10.6. The molecule has 0 unspecified atom stereocenters. The quantitative estimate of drug-likeness (QED) is 0.573. The molecule has 0 N–H and O–H groups in total. The van der Waals surface area contributed by atoms with Gasteiger partial charge in [0.1, 0.15) is 5.75 Å². The van der Waals surface area contributed by atoms with Crippen molar-refractivity contribution in [2.45, 2.75) is 40.5 Å². The van der Waals surface area contributed by atoms with Crippen LogP contribution in [0.3, 0.4) is 0 Å². The summed E-state index contributed by atoms with van der Waals surface area (Å²) >= 11 is 0. The van der Waals surface area contributed by atoms with Gasteiger partial charge < -0.3 is 4.74 Å². The second-order valence-electron chi connectivity index (χ2n) is 4.58. The molecule has 0 spiro atoms. The second-order valence-corrected chi connectivity index (χ2v) is 4.58. The molecule has 16 heavy (non-hydrogen) atoms. The van der Waals surface area contributed by atoms with Crippen molar-refractivity contribution >= 4 is 5.97 Å². The molecule has 0 radical (unpaired) electrons. The lowest BCUT2D eigenvalue weighted by Gasteiger charge is -2.09. The standard InChI is InChI=1S/C14H20O2/c1-5-14(15)16-13-8-11(4)7-12(9-13)6-10(2)3/h7-10H,5-6H2,1-4H3. The van der Waals surface area contributed by atoms with Gasteiger partial charge in [0, 0.05) is 6.42 Å². The van der Waals surface area contributed by atoms with E-state index in [4.69, 9.17) is 4.74 Å². The molecule has 0 aliphatic rings. The summed E-state index contributed by atoms with van der Waals surface area (Å²) in [5.74, 6) is 1.10. The molecule has 0 saturated carbocycles. The number of rotatable bonds is 4. The Kier molecular flexibility index (Phi) is 4.53. The van der Waals surface area contributed by atoms with E-state index in [1.165, 1.54) is 5.56 Å². The average molecular weight is 220 g/mol. The molecule has 88 valence electrons. The monoisotopic (exact) mass is 220 g/mol. The average Bonchev–Trinajstić information content (AvgIpc) is 2.15. The van der Waals surface area contributed by atoms with Gasteiger partial charge in [-0.25, -0.2) is 0 Å². The fourth-order valence-electron chi connectivity index (χ4n) is 1.68. The number of aryl methyl sites for hydroxylation is 1. The van der Waals surface area contributed by atoms with Crippen LogP contribution in [0.5, 0.6) is 5.75 Å². The molecule has 0 atom stereocenters. The van der Waals surface area contributed by atoms with E-state index in [1.54, 1.807) is 6.92 Å². The second kappa shape index (κ2) is 5.69. The first-order valence-electron chi connectivity index (χ1n) is 5.82. The third kappa shape index (κ3) is 4.05. The number of carbonyl (C=O) groups is 1. The Morgan fingerprint density at radius 1 is 1.31 bits per heavy atom. The maximum atomic E-state index is 11.2. The summed E-state index contributed by atoms with van der Waals surface area (Å²) < 4.78 is 5.23. The molecule has 1 rings (SSSR count). The summed E-state index contributed by atoms with van der Waals surface area (Å²) in [5.41, 5.74) is 2.37. The van der Waals surface area contributed by atoms with Crippen molar-refractivity contribution in [1.82, 2.24) is 0 Å². The highest BCUT2D eigenvalue weighted by atomic mass is 16.5. The largest absolute Gasteiger partial charge is 0.427 e. The van der Waals surface area contributed by atoms with Crippen LogP contribution in [0.15, 0.2) is 18.2 Å². The summed E-state index contributed by atoms with van der Waals surface area (Å²) in [6, 6.07) is 6.00. The van der Waals surface area contributed by atoms with Crippen LogP contribution in [0.2, 0.25) is 0 Å². The van der Waals surface area contributed by atoms with Gasteiger partial charge in [-0.05, 0) is 42.5 Å². The molecule has 0 bridgehead atoms. The molecular weight excluding hydrogens is 200 g/mol. The van der Waals surface area contributed by atoms with Crippen LogP contribution in [-0.4, -0.2) is 5.97 Å². The molecule has 2 nitrogen and oxygen atoms in total. The molecule has 1 aromatic carbocycles. The van der Waals surface area contributed by atoms with Gasteiger partial charge in [-0.15, -0.1) is 0 Å². The first-order chi connectivity index (χ1) is 7.51. The summed E-state index contributed by atoms with van der Waals surface area (Å²) in [6.45, 7) is 8.18. The van der Waals surface area contributed by atoms with Crippen molar-refractivity contribution in [2.75, 3.05) is 0 Å². The van der Waals surface area contributed by atoms with E-state index in [-0.39, 0.29) is 5.97 Å². The van der Waals surface area contributed by atoms with Crippen LogP contribution in [0.25, 0.3) is 0 Å². The van der Waals surface area contributed by atoms with Crippen LogP contribution in [0.1, 0.15) is 38.3 Å². The topological polar surface area (TPSA) is 26.3 Å². The van der Waals surface area contributed by atoms with Gasteiger partial charge in [0.2, 0.25) is 0 Å². The molecule has 0 aliphatic heterocycles. The maximum Gasteiger partial charge on any atom is 0.310 e. The molecule has 0 aliphatic carbocycles. The van der Waals surface area contributed by atoms with Crippen LogP contribution >= 0.6 is 0 Å².